The van der Waals surface area contributed by atoms with Gasteiger partial charge in [0.1, 0.15) is 0 Å². The molecule has 0 radical (unpaired) electrons. The van der Waals surface area contributed by atoms with Crippen molar-refractivity contribution in [3.63, 3.8) is 0 Å². The molecule has 0 spiro atoms. The summed E-state index contributed by atoms with van der Waals surface area (Å²) in [5, 5.41) is 8.70. The van der Waals surface area contributed by atoms with Crippen LogP contribution in [0.1, 0.15) is 6.92 Å². The lowest BCUT2D eigenvalue weighted by atomic mass is 9.69. The van der Waals surface area contributed by atoms with Gasteiger partial charge in [0.2, 0.25) is 0 Å². The molecule has 0 saturated carbocycles. The fraction of sp³-hybridized carbons (Fsp3) is 1.00. The summed E-state index contributed by atoms with van der Waals surface area (Å²) in [4.78, 5) is 0. The van der Waals surface area contributed by atoms with Crippen molar-refractivity contribution in [1.82, 2.24) is 0 Å². The van der Waals surface area contributed by atoms with Crippen molar-refractivity contribution in [2.45, 2.75) is 20.1 Å². The lowest BCUT2D eigenvalue weighted by Crippen LogP contribution is -2.08. The van der Waals surface area contributed by atoms with Crippen LogP contribution in [0.2, 0.25) is 13.1 Å². The Morgan fingerprint density at radius 1 is 1.62 bits per heavy atom. The van der Waals surface area contributed by atoms with Gasteiger partial charge in [-0.2, -0.15) is 0 Å². The summed E-state index contributed by atoms with van der Waals surface area (Å²) in [5.74, 6) is 0. The van der Waals surface area contributed by atoms with E-state index in [0.717, 1.165) is 12.9 Å². The number of hydrogen-bond acceptors (Lipinski definition) is 2. The Kier molecular flexibility index (Phi) is 5.12. The standard InChI is InChI=1S/C5H13BO2/c1-3-8-5-4-6(2)7/h7H,3-5H2,1-2H3. The second kappa shape index (κ2) is 5.13. The van der Waals surface area contributed by atoms with Crippen LogP contribution in [0.3, 0.4) is 0 Å². The van der Waals surface area contributed by atoms with Crippen molar-refractivity contribution >= 4 is 6.92 Å². The largest absolute Gasteiger partial charge is 0.451 e. The summed E-state index contributed by atoms with van der Waals surface area (Å²) in [7, 11) is 0. The average Bonchev–Trinajstić information content (AvgIpc) is 1.66. The molecule has 0 aromatic carbocycles. The fourth-order valence-corrected chi connectivity index (χ4v) is 0.398. The third-order valence-electron chi connectivity index (χ3n) is 0.884. The van der Waals surface area contributed by atoms with E-state index in [-0.39, 0.29) is 6.92 Å². The lowest BCUT2D eigenvalue weighted by Gasteiger charge is -1.98. The minimum absolute atomic E-state index is 0.221. The number of hydrogen-bond donors (Lipinski definition) is 1. The van der Waals surface area contributed by atoms with Gasteiger partial charge in [-0.1, -0.05) is 6.82 Å². The van der Waals surface area contributed by atoms with Gasteiger partial charge in [0.05, 0.1) is 0 Å². The predicted octanol–water partition coefficient (Wildman–Crippen LogP) is 0.637. The Hall–Kier alpha value is -0.0151. The Morgan fingerprint density at radius 3 is 2.62 bits per heavy atom. The summed E-state index contributed by atoms with van der Waals surface area (Å²) in [5.41, 5.74) is 0. The minimum atomic E-state index is -0.221. The molecule has 0 atom stereocenters. The Labute approximate surface area is 51.0 Å². The van der Waals surface area contributed by atoms with E-state index in [1.165, 1.54) is 0 Å². The molecule has 0 aromatic heterocycles. The van der Waals surface area contributed by atoms with Gasteiger partial charge in [0.15, 0.2) is 0 Å². The van der Waals surface area contributed by atoms with E-state index < -0.39 is 0 Å². The van der Waals surface area contributed by atoms with Crippen molar-refractivity contribution in [1.29, 1.82) is 0 Å². The van der Waals surface area contributed by atoms with Crippen molar-refractivity contribution in [3.8, 4) is 0 Å². The van der Waals surface area contributed by atoms with Crippen molar-refractivity contribution in [3.05, 3.63) is 0 Å². The normalized spacial score (nSPS) is 9.38. The van der Waals surface area contributed by atoms with E-state index >= 15 is 0 Å². The van der Waals surface area contributed by atoms with E-state index in [1.54, 1.807) is 6.82 Å². The highest BCUT2D eigenvalue weighted by Crippen LogP contribution is 1.86. The molecule has 0 aromatic rings. The number of ether oxygens (including phenoxy) is 1. The van der Waals surface area contributed by atoms with Gasteiger partial charge in [-0.3, -0.25) is 0 Å². The van der Waals surface area contributed by atoms with Gasteiger partial charge in [-0.15, -0.1) is 0 Å². The Bertz CT molecular complexity index is 47.7. The Balaban J connectivity index is 2.72. The first-order valence-corrected chi connectivity index (χ1v) is 3.03. The maximum absolute atomic E-state index is 8.70. The molecule has 8 heavy (non-hydrogen) atoms. The third kappa shape index (κ3) is 5.98. The van der Waals surface area contributed by atoms with Crippen LogP contribution in [-0.2, 0) is 4.74 Å². The molecule has 1 N–H and O–H groups in total. The smallest absolute Gasteiger partial charge is 0.288 e. The van der Waals surface area contributed by atoms with E-state index in [1.807, 2.05) is 6.92 Å². The lowest BCUT2D eigenvalue weighted by molar-refractivity contribution is 0.160. The highest BCUT2D eigenvalue weighted by atomic mass is 16.5. The van der Waals surface area contributed by atoms with Gasteiger partial charge in [-0.05, 0) is 13.2 Å². The minimum Gasteiger partial charge on any atom is -0.451 e. The highest BCUT2D eigenvalue weighted by molar-refractivity contribution is 6.48. The van der Waals surface area contributed by atoms with Crippen LogP contribution in [0.25, 0.3) is 0 Å². The molecule has 2 nitrogen and oxygen atoms in total. The van der Waals surface area contributed by atoms with Gasteiger partial charge in [0.25, 0.3) is 6.92 Å². The van der Waals surface area contributed by atoms with Crippen molar-refractivity contribution < 1.29 is 9.76 Å². The zero-order valence-corrected chi connectivity index (χ0v) is 5.55. The summed E-state index contributed by atoms with van der Waals surface area (Å²) in [6.45, 7) is 4.91. The molecule has 0 heterocycles. The Morgan fingerprint density at radius 2 is 2.25 bits per heavy atom. The van der Waals surface area contributed by atoms with Crippen LogP contribution in [-0.4, -0.2) is 25.2 Å². The zero-order chi connectivity index (χ0) is 6.41. The first-order valence-electron chi connectivity index (χ1n) is 3.03. The summed E-state index contributed by atoms with van der Waals surface area (Å²) in [6.07, 6.45) is 0.744. The van der Waals surface area contributed by atoms with Gasteiger partial charge in [0, 0.05) is 13.2 Å². The average molecular weight is 116 g/mol. The molecule has 0 aliphatic heterocycles. The first-order chi connectivity index (χ1) is 3.77. The van der Waals surface area contributed by atoms with Crippen LogP contribution in [0.4, 0.5) is 0 Å². The first kappa shape index (κ1) is 7.98. The van der Waals surface area contributed by atoms with Crippen molar-refractivity contribution in [2.24, 2.45) is 0 Å². The molecule has 0 unspecified atom stereocenters. The molecule has 0 aliphatic carbocycles. The summed E-state index contributed by atoms with van der Waals surface area (Å²) >= 11 is 0. The molecule has 0 aliphatic rings. The summed E-state index contributed by atoms with van der Waals surface area (Å²) in [6, 6.07) is 0. The van der Waals surface area contributed by atoms with Gasteiger partial charge >= 0.3 is 0 Å². The van der Waals surface area contributed by atoms with Crippen LogP contribution in [0.15, 0.2) is 0 Å². The molecular weight excluding hydrogens is 103 g/mol. The summed E-state index contributed by atoms with van der Waals surface area (Å²) < 4.78 is 4.98. The third-order valence-corrected chi connectivity index (χ3v) is 0.884. The van der Waals surface area contributed by atoms with Crippen LogP contribution < -0.4 is 0 Å². The topological polar surface area (TPSA) is 29.5 Å². The van der Waals surface area contributed by atoms with Crippen LogP contribution in [0.5, 0.6) is 0 Å². The second-order valence-corrected chi connectivity index (χ2v) is 1.83. The predicted molar refractivity (Wildman–Crippen MR) is 35.1 cm³/mol. The maximum Gasteiger partial charge on any atom is 0.288 e. The van der Waals surface area contributed by atoms with E-state index in [0.29, 0.717) is 6.61 Å². The molecule has 0 amide bonds. The van der Waals surface area contributed by atoms with E-state index in [4.69, 9.17) is 9.76 Å². The molecule has 0 saturated heterocycles. The van der Waals surface area contributed by atoms with Crippen LogP contribution in [0, 0.1) is 0 Å². The molecule has 0 bridgehead atoms. The monoisotopic (exact) mass is 116 g/mol. The zero-order valence-electron chi connectivity index (χ0n) is 5.55. The molecule has 48 valence electrons. The molecule has 3 heteroatoms. The molecule has 0 fully saturated rings. The highest BCUT2D eigenvalue weighted by Gasteiger charge is 1.99. The maximum atomic E-state index is 8.70. The fourth-order valence-electron chi connectivity index (χ4n) is 0.398. The molecule has 0 rings (SSSR count). The van der Waals surface area contributed by atoms with Gasteiger partial charge in [-0.25, -0.2) is 0 Å². The van der Waals surface area contributed by atoms with Gasteiger partial charge < -0.3 is 9.76 Å². The second-order valence-electron chi connectivity index (χ2n) is 1.83. The number of rotatable bonds is 4. The van der Waals surface area contributed by atoms with Crippen molar-refractivity contribution in [2.75, 3.05) is 13.2 Å². The van der Waals surface area contributed by atoms with E-state index in [2.05, 4.69) is 0 Å². The quantitative estimate of drug-likeness (QED) is 0.431. The SMILES string of the molecule is CCOCCB(C)O. The molecular formula is C5H13BO2. The van der Waals surface area contributed by atoms with Crippen LogP contribution >= 0.6 is 0 Å². The van der Waals surface area contributed by atoms with E-state index in [9.17, 15) is 0 Å².